The molecular formula is C16H19FN2O2. The Bertz CT molecular complexity index is 592. The lowest BCUT2D eigenvalue weighted by Crippen LogP contribution is -2.41. The average molecular weight is 290 g/mol. The van der Waals surface area contributed by atoms with Crippen LogP contribution in [0, 0.1) is 17.7 Å². The van der Waals surface area contributed by atoms with E-state index < -0.39 is 5.82 Å². The fourth-order valence-electron chi connectivity index (χ4n) is 2.48. The molecule has 1 aliphatic rings. The van der Waals surface area contributed by atoms with E-state index >= 15 is 0 Å². The van der Waals surface area contributed by atoms with E-state index in [0.717, 1.165) is 6.42 Å². The van der Waals surface area contributed by atoms with Gasteiger partial charge in [-0.2, -0.15) is 0 Å². The van der Waals surface area contributed by atoms with Crippen molar-refractivity contribution < 1.29 is 13.9 Å². The highest BCUT2D eigenvalue weighted by Gasteiger charge is 2.31. The van der Waals surface area contributed by atoms with Crippen molar-refractivity contribution in [2.24, 2.45) is 5.73 Å². The predicted molar refractivity (Wildman–Crippen MR) is 78.2 cm³/mol. The van der Waals surface area contributed by atoms with Crippen molar-refractivity contribution in [2.45, 2.75) is 25.5 Å². The zero-order valence-corrected chi connectivity index (χ0v) is 12.2. The number of ether oxygens (including phenoxy) is 1. The maximum atomic E-state index is 13.9. The first-order valence-corrected chi connectivity index (χ1v) is 6.92. The number of likely N-dealkylation sites (N-methyl/N-ethyl adjacent to an activating group) is 1. The van der Waals surface area contributed by atoms with Gasteiger partial charge in [0.15, 0.2) is 0 Å². The number of nitrogens with zero attached hydrogens (tertiary/aromatic N) is 1. The lowest BCUT2D eigenvalue weighted by Gasteiger charge is -2.26. The molecule has 1 heterocycles. The first kappa shape index (κ1) is 15.5. The molecule has 2 rings (SSSR count). The van der Waals surface area contributed by atoms with Crippen LogP contribution in [0.2, 0.25) is 0 Å². The second kappa shape index (κ2) is 6.70. The van der Waals surface area contributed by atoms with Gasteiger partial charge in [0.05, 0.1) is 24.3 Å². The van der Waals surface area contributed by atoms with Crippen molar-refractivity contribution in [2.75, 3.05) is 20.2 Å². The third kappa shape index (κ3) is 3.41. The number of carbonyl (C=O) groups is 1. The molecule has 0 aromatic heterocycles. The van der Waals surface area contributed by atoms with Crippen LogP contribution in [0.4, 0.5) is 4.39 Å². The van der Waals surface area contributed by atoms with Crippen LogP contribution in [0.1, 0.15) is 29.3 Å². The Balaban J connectivity index is 2.17. The Morgan fingerprint density at radius 3 is 2.90 bits per heavy atom. The van der Waals surface area contributed by atoms with Crippen LogP contribution in [0.25, 0.3) is 0 Å². The summed E-state index contributed by atoms with van der Waals surface area (Å²) in [6.45, 7) is 2.75. The molecule has 0 bridgehead atoms. The first-order valence-electron chi connectivity index (χ1n) is 6.92. The van der Waals surface area contributed by atoms with Crippen LogP contribution in [-0.4, -0.2) is 43.2 Å². The maximum Gasteiger partial charge on any atom is 0.254 e. The molecule has 1 aliphatic heterocycles. The summed E-state index contributed by atoms with van der Waals surface area (Å²) in [6.07, 6.45) is 0.796. The molecular weight excluding hydrogens is 271 g/mol. The van der Waals surface area contributed by atoms with E-state index in [1.807, 2.05) is 6.92 Å². The summed E-state index contributed by atoms with van der Waals surface area (Å²) in [7, 11) is 1.72. The van der Waals surface area contributed by atoms with E-state index in [-0.39, 0.29) is 30.2 Å². The first-order chi connectivity index (χ1) is 10.0. The summed E-state index contributed by atoms with van der Waals surface area (Å²) in [6, 6.07) is 4.34. The summed E-state index contributed by atoms with van der Waals surface area (Å²) < 4.78 is 19.4. The Morgan fingerprint density at radius 1 is 1.57 bits per heavy atom. The third-order valence-corrected chi connectivity index (χ3v) is 3.70. The van der Waals surface area contributed by atoms with Crippen LogP contribution in [0.5, 0.6) is 0 Å². The molecule has 4 nitrogen and oxygen atoms in total. The molecule has 1 aromatic carbocycles. The minimum Gasteiger partial charge on any atom is -0.376 e. The number of halogens is 1. The van der Waals surface area contributed by atoms with Crippen molar-refractivity contribution in [1.29, 1.82) is 0 Å². The Morgan fingerprint density at radius 2 is 2.33 bits per heavy atom. The minimum absolute atomic E-state index is 0.00140. The number of nitrogens with two attached hydrogens (primary N) is 1. The zero-order chi connectivity index (χ0) is 15.4. The molecule has 5 heteroatoms. The van der Waals surface area contributed by atoms with Crippen molar-refractivity contribution >= 4 is 5.91 Å². The smallest absolute Gasteiger partial charge is 0.254 e. The van der Waals surface area contributed by atoms with Gasteiger partial charge in [-0.05, 0) is 31.5 Å². The predicted octanol–water partition coefficient (Wildman–Crippen LogP) is 1.39. The Labute approximate surface area is 124 Å². The number of rotatable bonds is 2. The van der Waals surface area contributed by atoms with Gasteiger partial charge in [-0.15, -0.1) is 0 Å². The molecule has 0 saturated carbocycles. The maximum absolute atomic E-state index is 13.9. The van der Waals surface area contributed by atoms with E-state index in [1.165, 1.54) is 12.1 Å². The van der Waals surface area contributed by atoms with E-state index in [0.29, 0.717) is 12.2 Å². The van der Waals surface area contributed by atoms with E-state index in [1.54, 1.807) is 18.0 Å². The highest BCUT2D eigenvalue weighted by molar-refractivity contribution is 5.94. The fourth-order valence-corrected chi connectivity index (χ4v) is 2.48. The van der Waals surface area contributed by atoms with Gasteiger partial charge in [-0.3, -0.25) is 4.79 Å². The van der Waals surface area contributed by atoms with Crippen LogP contribution in [-0.2, 0) is 4.74 Å². The van der Waals surface area contributed by atoms with Crippen molar-refractivity contribution in [3.63, 3.8) is 0 Å². The van der Waals surface area contributed by atoms with Crippen molar-refractivity contribution in [3.05, 3.63) is 35.1 Å². The average Bonchev–Trinajstić information content (AvgIpc) is 2.90. The molecule has 2 N–H and O–H groups in total. The molecule has 2 unspecified atom stereocenters. The largest absolute Gasteiger partial charge is 0.376 e. The highest BCUT2D eigenvalue weighted by atomic mass is 19.1. The van der Waals surface area contributed by atoms with Gasteiger partial charge >= 0.3 is 0 Å². The van der Waals surface area contributed by atoms with Crippen molar-refractivity contribution in [3.8, 4) is 11.8 Å². The molecule has 2 atom stereocenters. The zero-order valence-electron chi connectivity index (χ0n) is 12.2. The van der Waals surface area contributed by atoms with Gasteiger partial charge in [-0.25, -0.2) is 4.39 Å². The Kier molecular flexibility index (Phi) is 4.94. The number of benzene rings is 1. The number of carbonyl (C=O) groups excluding carboxylic acids is 1. The number of amides is 1. The van der Waals surface area contributed by atoms with Gasteiger partial charge in [0, 0.05) is 19.2 Å². The normalized spacial score (nSPS) is 20.8. The lowest BCUT2D eigenvalue weighted by molar-refractivity contribution is 0.0574. The van der Waals surface area contributed by atoms with Gasteiger partial charge in [0.25, 0.3) is 5.91 Å². The quantitative estimate of drug-likeness (QED) is 0.837. The number of hydrogen-bond donors (Lipinski definition) is 1. The molecule has 112 valence electrons. The second-order valence-corrected chi connectivity index (χ2v) is 5.05. The monoisotopic (exact) mass is 290 g/mol. The molecule has 1 amide bonds. The fraction of sp³-hybridized carbons (Fsp3) is 0.438. The van der Waals surface area contributed by atoms with E-state index in [9.17, 15) is 9.18 Å². The summed E-state index contributed by atoms with van der Waals surface area (Å²) in [5.74, 6) is 4.51. The van der Waals surface area contributed by atoms with Crippen LogP contribution in [0.15, 0.2) is 18.2 Å². The van der Waals surface area contributed by atoms with Crippen molar-refractivity contribution in [1.82, 2.24) is 4.90 Å². The molecule has 0 radical (unpaired) electrons. The summed E-state index contributed by atoms with van der Waals surface area (Å²) >= 11 is 0. The molecule has 1 aromatic rings. The van der Waals surface area contributed by atoms with Gasteiger partial charge in [-0.1, -0.05) is 11.8 Å². The molecule has 1 fully saturated rings. The van der Waals surface area contributed by atoms with E-state index in [4.69, 9.17) is 10.5 Å². The van der Waals surface area contributed by atoms with Crippen LogP contribution >= 0.6 is 0 Å². The van der Waals surface area contributed by atoms with Crippen LogP contribution in [0.3, 0.4) is 0 Å². The molecule has 1 saturated heterocycles. The SMILES string of the molecule is CC1OCCC1N(C)C(=O)c1ccc(C#CCN)c(F)c1. The standard InChI is InChI=1S/C16H19FN2O2/c1-11-15(7-9-21-11)19(2)16(20)13-6-5-12(4-3-8-18)14(17)10-13/h5-6,10-11,15H,7-9,18H2,1-2H3. The minimum atomic E-state index is -0.508. The summed E-state index contributed by atoms with van der Waals surface area (Å²) in [4.78, 5) is 14.0. The number of hydrogen-bond acceptors (Lipinski definition) is 3. The summed E-state index contributed by atoms with van der Waals surface area (Å²) in [5, 5.41) is 0. The highest BCUT2D eigenvalue weighted by Crippen LogP contribution is 2.20. The molecule has 21 heavy (non-hydrogen) atoms. The molecule has 0 aliphatic carbocycles. The van der Waals surface area contributed by atoms with Crippen LogP contribution < -0.4 is 5.73 Å². The Hall–Kier alpha value is -1.90. The van der Waals surface area contributed by atoms with Gasteiger partial charge in [0.2, 0.25) is 0 Å². The topological polar surface area (TPSA) is 55.6 Å². The van der Waals surface area contributed by atoms with Gasteiger partial charge < -0.3 is 15.4 Å². The lowest BCUT2D eigenvalue weighted by atomic mass is 10.1. The van der Waals surface area contributed by atoms with E-state index in [2.05, 4.69) is 11.8 Å². The summed E-state index contributed by atoms with van der Waals surface area (Å²) in [5.41, 5.74) is 5.82. The molecule has 0 spiro atoms. The third-order valence-electron chi connectivity index (χ3n) is 3.70. The van der Waals surface area contributed by atoms with Gasteiger partial charge in [0.1, 0.15) is 5.82 Å². The second-order valence-electron chi connectivity index (χ2n) is 5.05.